The number of aliphatic hydroxyl groups is 1. The van der Waals surface area contributed by atoms with E-state index in [1.807, 2.05) is 37.5 Å². The van der Waals surface area contributed by atoms with E-state index >= 15 is 0 Å². The molecule has 1 aliphatic rings. The van der Waals surface area contributed by atoms with E-state index in [9.17, 15) is 9.90 Å². The van der Waals surface area contributed by atoms with Gasteiger partial charge in [-0.15, -0.1) is 0 Å². The summed E-state index contributed by atoms with van der Waals surface area (Å²) < 4.78 is 1.72. The number of aryl methyl sites for hydroxylation is 1. The Balaban J connectivity index is 1.66. The molecule has 1 amide bonds. The predicted molar refractivity (Wildman–Crippen MR) is 97.4 cm³/mol. The van der Waals surface area contributed by atoms with Gasteiger partial charge in [0.25, 0.3) is 5.91 Å². The average molecular weight is 348 g/mol. The summed E-state index contributed by atoms with van der Waals surface area (Å²) >= 11 is 0. The quantitative estimate of drug-likeness (QED) is 0.788. The fourth-order valence-corrected chi connectivity index (χ4v) is 3.54. The summed E-state index contributed by atoms with van der Waals surface area (Å²) in [6.45, 7) is 0.483. The molecule has 0 bridgehead atoms. The van der Waals surface area contributed by atoms with E-state index in [1.165, 1.54) is 5.56 Å². The van der Waals surface area contributed by atoms with Crippen LogP contribution < -0.4 is 0 Å². The van der Waals surface area contributed by atoms with Crippen LogP contribution in [0.5, 0.6) is 0 Å². The maximum absolute atomic E-state index is 13.1. The van der Waals surface area contributed by atoms with Crippen LogP contribution in [0.3, 0.4) is 0 Å². The molecule has 0 aliphatic carbocycles. The molecule has 6 nitrogen and oxygen atoms in total. The number of aromatic nitrogens is 3. The van der Waals surface area contributed by atoms with E-state index in [0.717, 1.165) is 23.1 Å². The minimum atomic E-state index is -0.325. The summed E-state index contributed by atoms with van der Waals surface area (Å²) in [6, 6.07) is 9.49. The molecule has 1 unspecified atom stereocenters. The van der Waals surface area contributed by atoms with Crippen LogP contribution in [0.1, 0.15) is 27.5 Å². The molecule has 1 aliphatic heterocycles. The Kier molecular flexibility index (Phi) is 4.26. The Morgan fingerprint density at radius 1 is 1.23 bits per heavy atom. The average Bonchev–Trinajstić information content (AvgIpc) is 3.13. The van der Waals surface area contributed by atoms with Crippen LogP contribution in [0.4, 0.5) is 0 Å². The number of hydrogen-bond acceptors (Lipinski definition) is 4. The first kappa shape index (κ1) is 16.5. The summed E-state index contributed by atoms with van der Waals surface area (Å²) in [5, 5.41) is 14.1. The van der Waals surface area contributed by atoms with E-state index < -0.39 is 0 Å². The van der Waals surface area contributed by atoms with E-state index in [1.54, 1.807) is 28.2 Å². The number of fused-ring (bicyclic) bond motifs is 1. The van der Waals surface area contributed by atoms with Crippen molar-refractivity contribution in [3.63, 3.8) is 0 Å². The smallest absolute Gasteiger partial charge is 0.256 e. The third-order valence-corrected chi connectivity index (χ3v) is 4.87. The third kappa shape index (κ3) is 2.88. The van der Waals surface area contributed by atoms with Gasteiger partial charge in [0.1, 0.15) is 0 Å². The highest BCUT2D eigenvalue weighted by atomic mass is 16.3. The Labute approximate surface area is 151 Å². The number of carbonyl (C=O) groups excluding carboxylic acids is 1. The van der Waals surface area contributed by atoms with Gasteiger partial charge in [0.2, 0.25) is 0 Å². The SMILES string of the molecule is Cn1cc(-c2cncc(C(=O)N3CCc4ccccc4C3CO)c2)cn1. The highest BCUT2D eigenvalue weighted by molar-refractivity contribution is 5.95. The first-order valence-electron chi connectivity index (χ1n) is 8.61. The molecule has 0 saturated heterocycles. The minimum Gasteiger partial charge on any atom is -0.394 e. The maximum Gasteiger partial charge on any atom is 0.256 e. The van der Waals surface area contributed by atoms with Gasteiger partial charge in [-0.05, 0) is 23.6 Å². The van der Waals surface area contributed by atoms with Crippen LogP contribution in [0.2, 0.25) is 0 Å². The molecule has 1 N–H and O–H groups in total. The lowest BCUT2D eigenvalue weighted by Crippen LogP contribution is -2.41. The van der Waals surface area contributed by atoms with Gasteiger partial charge < -0.3 is 10.0 Å². The summed E-state index contributed by atoms with van der Waals surface area (Å²) in [5.41, 5.74) is 4.49. The fraction of sp³-hybridized carbons (Fsp3) is 0.250. The van der Waals surface area contributed by atoms with Gasteiger partial charge in [-0.2, -0.15) is 5.10 Å². The lowest BCUT2D eigenvalue weighted by molar-refractivity contribution is 0.0568. The number of amides is 1. The standard InChI is InChI=1S/C20H20N4O2/c1-23-12-17(11-22-23)15-8-16(10-21-9-15)20(26)24-7-6-14-4-2-3-5-18(14)19(24)13-25/h2-5,8-12,19,25H,6-7,13H2,1H3. The van der Waals surface area contributed by atoms with Gasteiger partial charge in [0.15, 0.2) is 0 Å². The summed E-state index contributed by atoms with van der Waals surface area (Å²) in [7, 11) is 1.85. The Hall–Kier alpha value is -2.99. The van der Waals surface area contributed by atoms with Crippen molar-refractivity contribution in [3.8, 4) is 11.1 Å². The van der Waals surface area contributed by atoms with Crippen LogP contribution in [0.25, 0.3) is 11.1 Å². The second kappa shape index (κ2) is 6.72. The monoisotopic (exact) mass is 348 g/mol. The molecular formula is C20H20N4O2. The maximum atomic E-state index is 13.1. The highest BCUT2D eigenvalue weighted by Gasteiger charge is 2.30. The third-order valence-electron chi connectivity index (χ3n) is 4.87. The normalized spacial score (nSPS) is 16.4. The van der Waals surface area contributed by atoms with Crippen LogP contribution in [-0.2, 0) is 13.5 Å². The second-order valence-electron chi connectivity index (χ2n) is 6.51. The Bertz CT molecular complexity index is 950. The predicted octanol–water partition coefficient (Wildman–Crippen LogP) is 2.21. The van der Waals surface area contributed by atoms with Crippen molar-refractivity contribution < 1.29 is 9.90 Å². The Morgan fingerprint density at radius 2 is 2.08 bits per heavy atom. The summed E-state index contributed by atoms with van der Waals surface area (Å²) in [4.78, 5) is 19.1. The van der Waals surface area contributed by atoms with Gasteiger partial charge in [0, 0.05) is 43.3 Å². The number of benzene rings is 1. The van der Waals surface area contributed by atoms with Gasteiger partial charge in [-0.1, -0.05) is 24.3 Å². The molecule has 0 spiro atoms. The zero-order valence-corrected chi connectivity index (χ0v) is 14.5. The van der Waals surface area contributed by atoms with Crippen LogP contribution in [-0.4, -0.2) is 43.8 Å². The molecule has 3 aromatic rings. The first-order chi connectivity index (χ1) is 12.7. The molecule has 0 radical (unpaired) electrons. The number of nitrogens with zero attached hydrogens (tertiary/aromatic N) is 4. The first-order valence-corrected chi connectivity index (χ1v) is 8.61. The second-order valence-corrected chi connectivity index (χ2v) is 6.51. The van der Waals surface area contributed by atoms with Crippen molar-refractivity contribution in [3.05, 3.63) is 71.8 Å². The van der Waals surface area contributed by atoms with E-state index in [2.05, 4.69) is 16.1 Å². The van der Waals surface area contributed by atoms with E-state index in [4.69, 9.17) is 0 Å². The zero-order valence-electron chi connectivity index (χ0n) is 14.5. The molecule has 3 heterocycles. The molecular weight excluding hydrogens is 328 g/mol. The van der Waals surface area contributed by atoms with Gasteiger partial charge in [-0.3, -0.25) is 14.5 Å². The van der Waals surface area contributed by atoms with Crippen LogP contribution in [0, 0.1) is 0 Å². The van der Waals surface area contributed by atoms with Gasteiger partial charge in [0.05, 0.1) is 24.4 Å². The number of hydrogen-bond donors (Lipinski definition) is 1. The van der Waals surface area contributed by atoms with Crippen molar-refractivity contribution in [1.29, 1.82) is 0 Å². The van der Waals surface area contributed by atoms with E-state index in [0.29, 0.717) is 12.1 Å². The fourth-order valence-electron chi connectivity index (χ4n) is 3.54. The molecule has 2 aromatic heterocycles. The summed E-state index contributed by atoms with van der Waals surface area (Å²) in [5.74, 6) is -0.114. The van der Waals surface area contributed by atoms with Crippen LogP contribution >= 0.6 is 0 Å². The molecule has 1 atom stereocenters. The number of rotatable bonds is 3. The minimum absolute atomic E-state index is 0.0987. The lowest BCUT2D eigenvalue weighted by Gasteiger charge is -2.36. The number of pyridine rings is 1. The van der Waals surface area contributed by atoms with Crippen molar-refractivity contribution in [1.82, 2.24) is 19.7 Å². The van der Waals surface area contributed by atoms with Crippen molar-refractivity contribution in [2.24, 2.45) is 7.05 Å². The Morgan fingerprint density at radius 3 is 2.85 bits per heavy atom. The van der Waals surface area contributed by atoms with Crippen molar-refractivity contribution >= 4 is 5.91 Å². The summed E-state index contributed by atoms with van der Waals surface area (Å²) in [6.07, 6.45) is 7.73. The van der Waals surface area contributed by atoms with Gasteiger partial charge in [-0.25, -0.2) is 0 Å². The number of carbonyl (C=O) groups is 1. The lowest BCUT2D eigenvalue weighted by atomic mass is 9.92. The van der Waals surface area contributed by atoms with Crippen molar-refractivity contribution in [2.75, 3.05) is 13.2 Å². The largest absolute Gasteiger partial charge is 0.394 e. The zero-order chi connectivity index (χ0) is 18.1. The highest BCUT2D eigenvalue weighted by Crippen LogP contribution is 2.31. The molecule has 1 aromatic carbocycles. The molecule has 0 saturated carbocycles. The van der Waals surface area contributed by atoms with Crippen LogP contribution in [0.15, 0.2) is 55.1 Å². The van der Waals surface area contributed by atoms with E-state index in [-0.39, 0.29) is 18.6 Å². The molecule has 0 fully saturated rings. The number of aliphatic hydroxyl groups excluding tert-OH is 1. The topological polar surface area (TPSA) is 71.2 Å². The molecule has 6 heteroatoms. The molecule has 26 heavy (non-hydrogen) atoms. The molecule has 4 rings (SSSR count). The molecule has 132 valence electrons. The van der Waals surface area contributed by atoms with Crippen molar-refractivity contribution in [2.45, 2.75) is 12.5 Å². The van der Waals surface area contributed by atoms with Gasteiger partial charge >= 0.3 is 0 Å².